The number of phenols is 1. The van der Waals surface area contributed by atoms with Gasteiger partial charge in [-0.15, -0.1) is 0 Å². The molecule has 106 valence electrons. The van der Waals surface area contributed by atoms with Crippen LogP contribution in [0, 0.1) is 6.92 Å². The van der Waals surface area contributed by atoms with Crippen LogP contribution < -0.4 is 10.1 Å². The Kier molecular flexibility index (Phi) is 3.36. The first-order valence-electron chi connectivity index (χ1n) is 6.68. The van der Waals surface area contributed by atoms with Gasteiger partial charge in [0.1, 0.15) is 17.0 Å². The maximum atomic E-state index is 9.35. The third-order valence-corrected chi connectivity index (χ3v) is 3.30. The zero-order chi connectivity index (χ0) is 14.8. The topological polar surface area (TPSA) is 54.4 Å². The lowest BCUT2D eigenvalue weighted by atomic mass is 10.1. The minimum Gasteiger partial charge on any atom is -0.508 e. The van der Waals surface area contributed by atoms with Gasteiger partial charge < -0.3 is 15.2 Å². The van der Waals surface area contributed by atoms with Crippen LogP contribution in [0.2, 0.25) is 0 Å². The quantitative estimate of drug-likeness (QED) is 0.712. The number of phenolic OH excluding ortho intramolecular Hbond substituents is 1. The Morgan fingerprint density at radius 2 is 1.86 bits per heavy atom. The molecule has 0 radical (unpaired) electrons. The number of anilines is 2. The summed E-state index contributed by atoms with van der Waals surface area (Å²) in [5.74, 6) is 1.00. The highest BCUT2D eigenvalue weighted by molar-refractivity contribution is 5.96. The molecule has 0 aliphatic rings. The first kappa shape index (κ1) is 13.2. The largest absolute Gasteiger partial charge is 0.508 e. The van der Waals surface area contributed by atoms with Gasteiger partial charge in [0.15, 0.2) is 0 Å². The molecule has 1 aromatic heterocycles. The lowest BCUT2D eigenvalue weighted by molar-refractivity contribution is 0.419. The van der Waals surface area contributed by atoms with E-state index in [0.717, 1.165) is 33.7 Å². The van der Waals surface area contributed by atoms with Crippen LogP contribution in [0.3, 0.4) is 0 Å². The van der Waals surface area contributed by atoms with Gasteiger partial charge >= 0.3 is 0 Å². The second-order valence-electron chi connectivity index (χ2n) is 4.84. The van der Waals surface area contributed by atoms with Crippen LogP contribution in [0.1, 0.15) is 5.69 Å². The van der Waals surface area contributed by atoms with Crippen molar-refractivity contribution in [3.05, 3.63) is 54.2 Å². The minimum absolute atomic E-state index is 0.248. The summed E-state index contributed by atoms with van der Waals surface area (Å²) in [6.45, 7) is 1.95. The Hall–Kier alpha value is -2.75. The molecule has 21 heavy (non-hydrogen) atoms. The molecule has 0 saturated heterocycles. The molecule has 2 N–H and O–H groups in total. The van der Waals surface area contributed by atoms with E-state index in [-0.39, 0.29) is 5.75 Å². The maximum absolute atomic E-state index is 9.35. The fraction of sp³-hybridized carbons (Fsp3) is 0.118. The van der Waals surface area contributed by atoms with Gasteiger partial charge in [-0.05, 0) is 43.3 Å². The molecule has 0 aliphatic carbocycles. The van der Waals surface area contributed by atoms with Crippen molar-refractivity contribution in [1.82, 2.24) is 4.98 Å². The van der Waals surface area contributed by atoms with Crippen molar-refractivity contribution < 1.29 is 9.84 Å². The summed E-state index contributed by atoms with van der Waals surface area (Å²) >= 11 is 0. The first-order valence-corrected chi connectivity index (χ1v) is 6.68. The molecule has 0 aliphatic heterocycles. The number of fused-ring (bicyclic) bond motifs is 1. The Balaban J connectivity index is 2.11. The fourth-order valence-corrected chi connectivity index (χ4v) is 2.32. The van der Waals surface area contributed by atoms with Crippen molar-refractivity contribution in [2.45, 2.75) is 6.92 Å². The summed E-state index contributed by atoms with van der Waals surface area (Å²) in [7, 11) is 1.64. The summed E-state index contributed by atoms with van der Waals surface area (Å²) in [4.78, 5) is 4.56. The molecule has 4 heteroatoms. The molecule has 1 heterocycles. The van der Waals surface area contributed by atoms with Crippen molar-refractivity contribution >= 4 is 22.3 Å². The summed E-state index contributed by atoms with van der Waals surface area (Å²) in [6, 6.07) is 14.8. The lowest BCUT2D eigenvalue weighted by Crippen LogP contribution is -1.96. The van der Waals surface area contributed by atoms with Crippen LogP contribution in [0.4, 0.5) is 11.4 Å². The van der Waals surface area contributed by atoms with Gasteiger partial charge in [-0.3, -0.25) is 0 Å². The number of nitrogens with one attached hydrogen (secondary N) is 1. The molecule has 0 spiro atoms. The summed E-state index contributed by atoms with van der Waals surface area (Å²) in [5, 5.41) is 13.7. The Labute approximate surface area is 123 Å². The highest BCUT2D eigenvalue weighted by Crippen LogP contribution is 2.31. The maximum Gasteiger partial charge on any atom is 0.145 e. The number of rotatable bonds is 3. The van der Waals surface area contributed by atoms with E-state index in [9.17, 15) is 5.11 Å². The van der Waals surface area contributed by atoms with Crippen LogP contribution in [0.5, 0.6) is 11.5 Å². The van der Waals surface area contributed by atoms with Gasteiger partial charge in [0, 0.05) is 22.5 Å². The first-order chi connectivity index (χ1) is 10.2. The number of pyridine rings is 1. The predicted octanol–water partition coefficient (Wildman–Crippen LogP) is 4.00. The molecule has 0 unspecified atom stereocenters. The third kappa shape index (κ3) is 2.60. The lowest BCUT2D eigenvalue weighted by Gasteiger charge is -2.12. The summed E-state index contributed by atoms with van der Waals surface area (Å²) < 4.78 is 5.38. The second kappa shape index (κ2) is 5.32. The van der Waals surface area contributed by atoms with Crippen molar-refractivity contribution in [2.24, 2.45) is 0 Å². The molecule has 0 amide bonds. The van der Waals surface area contributed by atoms with Crippen molar-refractivity contribution in [1.29, 1.82) is 0 Å². The normalized spacial score (nSPS) is 10.6. The summed E-state index contributed by atoms with van der Waals surface area (Å²) in [6.07, 6.45) is 0. The van der Waals surface area contributed by atoms with E-state index in [2.05, 4.69) is 10.3 Å². The molecule has 0 saturated carbocycles. The molecule has 3 rings (SSSR count). The van der Waals surface area contributed by atoms with E-state index in [1.165, 1.54) is 0 Å². The number of nitrogens with zero attached hydrogens (tertiary/aromatic N) is 1. The molecule has 0 bridgehead atoms. The number of aromatic nitrogens is 1. The minimum atomic E-state index is 0.248. The molecular formula is C17H16N2O2. The Bertz CT molecular complexity index is 783. The molecule has 0 fully saturated rings. The highest BCUT2D eigenvalue weighted by Gasteiger charge is 2.08. The number of aryl methyl sites for hydroxylation is 1. The number of para-hydroxylation sites is 1. The van der Waals surface area contributed by atoms with Gasteiger partial charge in [-0.25, -0.2) is 4.98 Å². The van der Waals surface area contributed by atoms with E-state index in [0.29, 0.717) is 0 Å². The van der Waals surface area contributed by atoms with Crippen LogP contribution in [0.25, 0.3) is 10.9 Å². The number of benzene rings is 2. The molecular weight excluding hydrogens is 264 g/mol. The molecule has 0 atom stereocenters. The van der Waals surface area contributed by atoms with Crippen molar-refractivity contribution in [2.75, 3.05) is 12.4 Å². The smallest absolute Gasteiger partial charge is 0.145 e. The zero-order valence-corrected chi connectivity index (χ0v) is 11.9. The number of ether oxygens (including phenoxy) is 1. The number of methoxy groups -OCH3 is 1. The Morgan fingerprint density at radius 3 is 2.57 bits per heavy atom. The van der Waals surface area contributed by atoms with Crippen LogP contribution in [0.15, 0.2) is 48.5 Å². The van der Waals surface area contributed by atoms with Gasteiger partial charge in [0.05, 0.1) is 7.11 Å². The fourth-order valence-electron chi connectivity index (χ4n) is 2.32. The average Bonchev–Trinajstić information content (AvgIpc) is 2.49. The SMILES string of the molecule is COc1cccc2c(Nc3ccc(O)cc3)cc(C)nc12. The molecule has 3 aromatic rings. The van der Waals surface area contributed by atoms with E-state index in [1.807, 2.05) is 43.3 Å². The third-order valence-electron chi connectivity index (χ3n) is 3.30. The van der Waals surface area contributed by atoms with Crippen LogP contribution in [-0.4, -0.2) is 17.2 Å². The predicted molar refractivity (Wildman–Crippen MR) is 84.4 cm³/mol. The number of hydrogen-bond acceptors (Lipinski definition) is 4. The average molecular weight is 280 g/mol. The van der Waals surface area contributed by atoms with Crippen molar-refractivity contribution in [3.8, 4) is 11.5 Å². The Morgan fingerprint density at radius 1 is 1.10 bits per heavy atom. The standard InChI is InChI=1S/C17H16N2O2/c1-11-10-15(19-12-6-8-13(20)9-7-12)14-4-3-5-16(21-2)17(14)18-11/h3-10,20H,1-2H3,(H,18,19). The zero-order valence-electron chi connectivity index (χ0n) is 11.9. The monoisotopic (exact) mass is 280 g/mol. The number of hydrogen-bond donors (Lipinski definition) is 2. The summed E-state index contributed by atoms with van der Waals surface area (Å²) in [5.41, 5.74) is 3.61. The van der Waals surface area contributed by atoms with Crippen LogP contribution in [-0.2, 0) is 0 Å². The van der Waals surface area contributed by atoms with Gasteiger partial charge in [0.2, 0.25) is 0 Å². The van der Waals surface area contributed by atoms with Crippen molar-refractivity contribution in [3.63, 3.8) is 0 Å². The van der Waals surface area contributed by atoms with E-state index < -0.39 is 0 Å². The molecule has 4 nitrogen and oxygen atoms in total. The second-order valence-corrected chi connectivity index (χ2v) is 4.84. The number of aromatic hydroxyl groups is 1. The van der Waals surface area contributed by atoms with E-state index in [4.69, 9.17) is 4.74 Å². The van der Waals surface area contributed by atoms with Crippen LogP contribution >= 0.6 is 0 Å². The highest BCUT2D eigenvalue weighted by atomic mass is 16.5. The van der Waals surface area contributed by atoms with Gasteiger partial charge in [-0.1, -0.05) is 12.1 Å². The van der Waals surface area contributed by atoms with Gasteiger partial charge in [0.25, 0.3) is 0 Å². The van der Waals surface area contributed by atoms with E-state index >= 15 is 0 Å². The van der Waals surface area contributed by atoms with Gasteiger partial charge in [-0.2, -0.15) is 0 Å². The van der Waals surface area contributed by atoms with E-state index in [1.54, 1.807) is 19.2 Å². The molecule has 2 aromatic carbocycles.